The quantitative estimate of drug-likeness (QED) is 0.325. The largest absolute Gasteiger partial charge is 0.355 e. The van der Waals surface area contributed by atoms with E-state index in [2.05, 4.69) is 60.2 Å². The lowest BCUT2D eigenvalue weighted by Gasteiger charge is -2.37. The summed E-state index contributed by atoms with van der Waals surface area (Å²) >= 11 is 0. The molecule has 3 aliphatic rings. The van der Waals surface area contributed by atoms with Crippen molar-refractivity contribution in [1.82, 2.24) is 24.9 Å². The van der Waals surface area contributed by atoms with E-state index in [1.54, 1.807) is 0 Å². The van der Waals surface area contributed by atoms with Crippen molar-refractivity contribution in [2.45, 2.75) is 44.7 Å². The zero-order valence-corrected chi connectivity index (χ0v) is 22.5. The third-order valence-electron chi connectivity index (χ3n) is 7.17. The van der Waals surface area contributed by atoms with Crippen LogP contribution in [0, 0.1) is 0 Å². The number of rotatable bonds is 6. The number of nitrogens with zero attached hydrogens (tertiary/aromatic N) is 5. The fraction of sp³-hybridized carbons (Fsp3) is 0.680. The van der Waals surface area contributed by atoms with Gasteiger partial charge in [-0.05, 0) is 44.2 Å². The van der Waals surface area contributed by atoms with Gasteiger partial charge < -0.3 is 15.1 Å². The van der Waals surface area contributed by atoms with Gasteiger partial charge in [-0.15, -0.1) is 24.0 Å². The number of aliphatic imine (C=N–C) groups is 1. The molecular formula is C25H41IN6O. The van der Waals surface area contributed by atoms with E-state index in [0.29, 0.717) is 18.5 Å². The number of hydrogen-bond acceptors (Lipinski definition) is 4. The molecule has 1 unspecified atom stereocenters. The number of halogens is 1. The summed E-state index contributed by atoms with van der Waals surface area (Å²) in [5, 5.41) is 3.64. The number of piperidine rings is 1. The predicted molar refractivity (Wildman–Crippen MR) is 145 cm³/mol. The first kappa shape index (κ1) is 26.2. The first-order valence-corrected chi connectivity index (χ1v) is 12.5. The molecule has 4 rings (SSSR count). The second kappa shape index (κ2) is 13.5. The Balaban J connectivity index is 0.00000306. The van der Waals surface area contributed by atoms with Gasteiger partial charge in [0.15, 0.2) is 5.96 Å². The van der Waals surface area contributed by atoms with Gasteiger partial charge >= 0.3 is 0 Å². The molecule has 0 radical (unpaired) electrons. The molecule has 3 fully saturated rings. The number of amides is 1. The Morgan fingerprint density at radius 1 is 0.939 bits per heavy atom. The minimum atomic E-state index is 0. The van der Waals surface area contributed by atoms with Gasteiger partial charge in [-0.25, -0.2) is 0 Å². The van der Waals surface area contributed by atoms with E-state index in [9.17, 15) is 4.79 Å². The van der Waals surface area contributed by atoms with Crippen molar-refractivity contribution in [3.05, 3.63) is 35.9 Å². The third-order valence-corrected chi connectivity index (χ3v) is 7.17. The van der Waals surface area contributed by atoms with Gasteiger partial charge in [0.05, 0.1) is 6.54 Å². The highest BCUT2D eigenvalue weighted by Crippen LogP contribution is 2.19. The van der Waals surface area contributed by atoms with Crippen LogP contribution in [-0.4, -0.2) is 103 Å². The maximum absolute atomic E-state index is 12.6. The van der Waals surface area contributed by atoms with E-state index in [4.69, 9.17) is 0 Å². The van der Waals surface area contributed by atoms with Crippen molar-refractivity contribution in [1.29, 1.82) is 0 Å². The van der Waals surface area contributed by atoms with Gasteiger partial charge in [0.2, 0.25) is 5.91 Å². The Kier molecular flexibility index (Phi) is 10.7. The summed E-state index contributed by atoms with van der Waals surface area (Å²) in [4.78, 5) is 26.4. The molecule has 0 saturated carbocycles. The van der Waals surface area contributed by atoms with E-state index in [-0.39, 0.29) is 24.0 Å². The molecule has 1 aromatic rings. The highest BCUT2D eigenvalue weighted by atomic mass is 127. The third kappa shape index (κ3) is 7.55. The fourth-order valence-corrected chi connectivity index (χ4v) is 5.25. The van der Waals surface area contributed by atoms with Crippen LogP contribution in [0.5, 0.6) is 0 Å². The van der Waals surface area contributed by atoms with E-state index in [1.807, 2.05) is 7.05 Å². The topological polar surface area (TPSA) is 54.4 Å². The number of piperazine rings is 1. The molecule has 8 heteroatoms. The molecule has 0 bridgehead atoms. The number of benzene rings is 1. The molecule has 0 aromatic heterocycles. The lowest BCUT2D eigenvalue weighted by molar-refractivity contribution is -0.133. The first-order valence-electron chi connectivity index (χ1n) is 12.5. The van der Waals surface area contributed by atoms with Crippen LogP contribution in [0.1, 0.15) is 37.7 Å². The van der Waals surface area contributed by atoms with Gasteiger partial charge in [-0.3, -0.25) is 19.6 Å². The minimum absolute atomic E-state index is 0. The van der Waals surface area contributed by atoms with Crippen LogP contribution < -0.4 is 5.32 Å². The molecule has 1 atom stereocenters. The van der Waals surface area contributed by atoms with Crippen LogP contribution in [0.2, 0.25) is 0 Å². The van der Waals surface area contributed by atoms with Gasteiger partial charge in [0, 0.05) is 65.4 Å². The van der Waals surface area contributed by atoms with Crippen molar-refractivity contribution in [3.63, 3.8) is 0 Å². The molecular weight excluding hydrogens is 527 g/mol. The number of likely N-dealkylation sites (tertiary alicyclic amines) is 2. The van der Waals surface area contributed by atoms with Crippen molar-refractivity contribution >= 4 is 35.8 Å². The second-order valence-corrected chi connectivity index (χ2v) is 9.38. The lowest BCUT2D eigenvalue weighted by atomic mass is 10.1. The average molecular weight is 569 g/mol. The number of carbonyl (C=O) groups is 1. The summed E-state index contributed by atoms with van der Waals surface area (Å²) in [5.41, 5.74) is 1.39. The first-order chi connectivity index (χ1) is 15.7. The monoisotopic (exact) mass is 568 g/mol. The van der Waals surface area contributed by atoms with E-state index < -0.39 is 0 Å². The number of guanidine groups is 1. The summed E-state index contributed by atoms with van der Waals surface area (Å²) in [6.45, 7) is 9.27. The molecule has 1 N–H and O–H groups in total. The summed E-state index contributed by atoms with van der Waals surface area (Å²) in [7, 11) is 1.88. The molecule has 0 aliphatic carbocycles. The SMILES string of the molecule is CN=C(NCC1CCCN1Cc1ccccc1)N1CCN(CC(=O)N2CCCCC2)CC1.I. The molecule has 3 saturated heterocycles. The molecule has 0 spiro atoms. The maximum Gasteiger partial charge on any atom is 0.236 e. The summed E-state index contributed by atoms with van der Waals surface area (Å²) in [6, 6.07) is 11.3. The Morgan fingerprint density at radius 2 is 1.67 bits per heavy atom. The van der Waals surface area contributed by atoms with E-state index >= 15 is 0 Å². The number of hydrogen-bond donors (Lipinski definition) is 1. The van der Waals surface area contributed by atoms with Gasteiger partial charge in [-0.1, -0.05) is 30.3 Å². The molecule has 7 nitrogen and oxygen atoms in total. The molecule has 1 amide bonds. The predicted octanol–water partition coefficient (Wildman–Crippen LogP) is 2.47. The highest BCUT2D eigenvalue weighted by molar-refractivity contribution is 14.0. The Morgan fingerprint density at radius 3 is 2.36 bits per heavy atom. The fourth-order valence-electron chi connectivity index (χ4n) is 5.25. The van der Waals surface area contributed by atoms with Crippen LogP contribution in [0.25, 0.3) is 0 Å². The van der Waals surface area contributed by atoms with Crippen LogP contribution in [0.15, 0.2) is 35.3 Å². The highest BCUT2D eigenvalue weighted by Gasteiger charge is 2.27. The average Bonchev–Trinajstić information content (AvgIpc) is 3.28. The zero-order chi connectivity index (χ0) is 22.2. The van der Waals surface area contributed by atoms with Crippen molar-refractivity contribution in [3.8, 4) is 0 Å². The van der Waals surface area contributed by atoms with Crippen LogP contribution >= 0.6 is 24.0 Å². The Bertz CT molecular complexity index is 747. The smallest absolute Gasteiger partial charge is 0.236 e. The number of carbonyl (C=O) groups excluding carboxylic acids is 1. The van der Waals surface area contributed by atoms with Crippen LogP contribution in [0.4, 0.5) is 0 Å². The molecule has 33 heavy (non-hydrogen) atoms. The summed E-state index contributed by atoms with van der Waals surface area (Å²) in [6.07, 6.45) is 6.08. The van der Waals surface area contributed by atoms with Gasteiger partial charge in [0.25, 0.3) is 0 Å². The van der Waals surface area contributed by atoms with Crippen LogP contribution in [0.3, 0.4) is 0 Å². The van der Waals surface area contributed by atoms with Gasteiger partial charge in [0.1, 0.15) is 0 Å². The molecule has 3 aliphatic heterocycles. The zero-order valence-electron chi connectivity index (χ0n) is 20.1. The molecule has 184 valence electrons. The molecule has 3 heterocycles. The molecule has 1 aromatic carbocycles. The van der Waals surface area contributed by atoms with E-state index in [1.165, 1.54) is 31.4 Å². The van der Waals surface area contributed by atoms with Crippen molar-refractivity contribution in [2.75, 3.05) is 66.0 Å². The Labute approximate surface area is 216 Å². The van der Waals surface area contributed by atoms with Crippen molar-refractivity contribution in [2.24, 2.45) is 4.99 Å². The Hall–Kier alpha value is -1.39. The lowest BCUT2D eigenvalue weighted by Crippen LogP contribution is -2.55. The van der Waals surface area contributed by atoms with Crippen molar-refractivity contribution < 1.29 is 4.79 Å². The van der Waals surface area contributed by atoms with Crippen LogP contribution in [-0.2, 0) is 11.3 Å². The minimum Gasteiger partial charge on any atom is -0.355 e. The summed E-state index contributed by atoms with van der Waals surface area (Å²) in [5.74, 6) is 1.30. The van der Waals surface area contributed by atoms with Gasteiger partial charge in [-0.2, -0.15) is 0 Å². The normalized spacial score (nSPS) is 22.8. The standard InChI is InChI=1S/C25H40N6O.HI/c1-26-25(27-19-23-11-8-14-31(23)20-22-9-4-2-5-10-22)30-17-15-28(16-18-30)21-24(32)29-12-6-3-7-13-29;/h2,4-5,9-10,23H,3,6-8,11-21H2,1H3,(H,26,27);1H. The second-order valence-electron chi connectivity index (χ2n) is 9.38. The van der Waals surface area contributed by atoms with E-state index in [0.717, 1.165) is 71.2 Å². The maximum atomic E-state index is 12.6. The number of nitrogens with one attached hydrogen (secondary N) is 1. The summed E-state index contributed by atoms with van der Waals surface area (Å²) < 4.78 is 0.